The van der Waals surface area contributed by atoms with Crippen molar-refractivity contribution in [3.8, 4) is 22.9 Å². The SMILES string of the molecule is COc1cc(-c2cc(C)c3c(n2)C(C)N(c2cnn(CC(F)(F)F)c2)C3=O)cnc1OC. The van der Waals surface area contributed by atoms with E-state index in [9.17, 15) is 18.0 Å². The van der Waals surface area contributed by atoms with Gasteiger partial charge in [0.05, 0.1) is 49.1 Å². The smallest absolute Gasteiger partial charge is 0.408 e. The van der Waals surface area contributed by atoms with E-state index in [-0.39, 0.29) is 11.6 Å². The minimum absolute atomic E-state index is 0.276. The molecule has 0 radical (unpaired) electrons. The largest absolute Gasteiger partial charge is 0.491 e. The number of nitrogens with zero attached hydrogens (tertiary/aromatic N) is 5. The Labute approximate surface area is 181 Å². The van der Waals surface area contributed by atoms with Crippen molar-refractivity contribution >= 4 is 11.6 Å². The van der Waals surface area contributed by atoms with Gasteiger partial charge in [-0.2, -0.15) is 18.3 Å². The fourth-order valence-corrected chi connectivity index (χ4v) is 3.80. The van der Waals surface area contributed by atoms with Gasteiger partial charge in [0.2, 0.25) is 0 Å². The molecule has 1 amide bonds. The molecular formula is C21H20F3N5O3. The van der Waals surface area contributed by atoms with E-state index in [4.69, 9.17) is 9.47 Å². The first kappa shape index (κ1) is 21.6. The number of aryl methyl sites for hydroxylation is 1. The molecule has 1 aliphatic rings. The van der Waals surface area contributed by atoms with Gasteiger partial charge in [0.1, 0.15) is 6.54 Å². The molecule has 0 aliphatic carbocycles. The van der Waals surface area contributed by atoms with E-state index in [0.717, 1.165) is 4.68 Å². The van der Waals surface area contributed by atoms with Gasteiger partial charge in [-0.15, -0.1) is 0 Å². The van der Waals surface area contributed by atoms with Crippen LogP contribution >= 0.6 is 0 Å². The molecule has 168 valence electrons. The number of hydrogen-bond acceptors (Lipinski definition) is 6. The zero-order valence-corrected chi connectivity index (χ0v) is 17.8. The molecule has 4 rings (SSSR count). The molecule has 32 heavy (non-hydrogen) atoms. The Balaban J connectivity index is 1.71. The van der Waals surface area contributed by atoms with Crippen LogP contribution < -0.4 is 14.4 Å². The topological polar surface area (TPSA) is 82.4 Å². The number of methoxy groups -OCH3 is 2. The lowest BCUT2D eigenvalue weighted by molar-refractivity contribution is -0.142. The summed E-state index contributed by atoms with van der Waals surface area (Å²) < 4.78 is 49.3. The molecule has 0 saturated carbocycles. The summed E-state index contributed by atoms with van der Waals surface area (Å²) in [6, 6.07) is 3.01. The van der Waals surface area contributed by atoms with Crippen LogP contribution in [0.1, 0.15) is 34.6 Å². The molecule has 4 heterocycles. The van der Waals surface area contributed by atoms with Gasteiger partial charge in [0.15, 0.2) is 5.75 Å². The predicted octanol–water partition coefficient (Wildman–Crippen LogP) is 3.95. The van der Waals surface area contributed by atoms with Crippen molar-refractivity contribution < 1.29 is 27.4 Å². The Morgan fingerprint density at radius 3 is 2.56 bits per heavy atom. The molecule has 1 atom stereocenters. The fraction of sp³-hybridized carbons (Fsp3) is 0.333. The molecule has 1 unspecified atom stereocenters. The molecule has 3 aromatic rings. The summed E-state index contributed by atoms with van der Waals surface area (Å²) in [5, 5.41) is 3.75. The molecule has 11 heteroatoms. The van der Waals surface area contributed by atoms with Crippen LogP contribution in [0.25, 0.3) is 11.3 Å². The number of pyridine rings is 2. The minimum atomic E-state index is -4.41. The molecule has 0 fully saturated rings. The molecule has 1 aliphatic heterocycles. The van der Waals surface area contributed by atoms with Crippen LogP contribution in [0, 0.1) is 6.92 Å². The van der Waals surface area contributed by atoms with E-state index in [2.05, 4.69) is 15.1 Å². The highest BCUT2D eigenvalue weighted by molar-refractivity contribution is 6.11. The first-order chi connectivity index (χ1) is 15.1. The quantitative estimate of drug-likeness (QED) is 0.589. The maximum Gasteiger partial charge on any atom is 0.408 e. The van der Waals surface area contributed by atoms with Gasteiger partial charge >= 0.3 is 6.18 Å². The van der Waals surface area contributed by atoms with Crippen molar-refractivity contribution in [2.24, 2.45) is 0 Å². The highest BCUT2D eigenvalue weighted by Gasteiger charge is 2.39. The van der Waals surface area contributed by atoms with Crippen molar-refractivity contribution in [1.82, 2.24) is 19.7 Å². The number of aromatic nitrogens is 4. The van der Waals surface area contributed by atoms with Crippen molar-refractivity contribution in [3.05, 3.63) is 47.5 Å². The highest BCUT2D eigenvalue weighted by Crippen LogP contribution is 2.39. The maximum atomic E-state index is 13.1. The zero-order chi connectivity index (χ0) is 23.2. The Morgan fingerprint density at radius 1 is 1.16 bits per heavy atom. The Kier molecular flexibility index (Phi) is 5.27. The second kappa shape index (κ2) is 7.81. The monoisotopic (exact) mass is 447 g/mol. The number of carbonyl (C=O) groups is 1. The van der Waals surface area contributed by atoms with E-state index >= 15 is 0 Å². The van der Waals surface area contributed by atoms with Gasteiger partial charge in [0, 0.05) is 18.0 Å². The average Bonchev–Trinajstić information content (AvgIpc) is 3.28. The van der Waals surface area contributed by atoms with Crippen LogP contribution in [0.2, 0.25) is 0 Å². The van der Waals surface area contributed by atoms with Gasteiger partial charge in [-0.05, 0) is 31.5 Å². The van der Waals surface area contributed by atoms with Crippen LogP contribution in [0.4, 0.5) is 18.9 Å². The Bertz CT molecular complexity index is 1190. The zero-order valence-electron chi connectivity index (χ0n) is 17.8. The van der Waals surface area contributed by atoms with E-state index in [1.54, 1.807) is 32.2 Å². The molecule has 0 saturated heterocycles. The summed E-state index contributed by atoms with van der Waals surface area (Å²) in [5.74, 6) is 0.438. The number of rotatable bonds is 5. The van der Waals surface area contributed by atoms with Gasteiger partial charge in [0.25, 0.3) is 11.8 Å². The maximum absolute atomic E-state index is 13.1. The summed E-state index contributed by atoms with van der Waals surface area (Å²) >= 11 is 0. The van der Waals surface area contributed by atoms with E-state index < -0.39 is 18.8 Å². The fourth-order valence-electron chi connectivity index (χ4n) is 3.80. The second-order valence-corrected chi connectivity index (χ2v) is 7.38. The van der Waals surface area contributed by atoms with Crippen LogP contribution in [-0.4, -0.2) is 46.1 Å². The van der Waals surface area contributed by atoms with Gasteiger partial charge in [-0.3, -0.25) is 14.4 Å². The van der Waals surface area contributed by atoms with E-state index in [0.29, 0.717) is 39.7 Å². The molecule has 0 aromatic carbocycles. The van der Waals surface area contributed by atoms with Gasteiger partial charge in [-0.1, -0.05) is 0 Å². The van der Waals surface area contributed by atoms with Crippen LogP contribution in [0.15, 0.2) is 30.7 Å². The Hall–Kier alpha value is -3.63. The van der Waals surface area contributed by atoms with Crippen molar-refractivity contribution in [3.63, 3.8) is 0 Å². The number of hydrogen-bond donors (Lipinski definition) is 0. The first-order valence-electron chi connectivity index (χ1n) is 9.65. The molecule has 8 nitrogen and oxygen atoms in total. The lowest BCUT2D eigenvalue weighted by Gasteiger charge is -2.19. The van der Waals surface area contributed by atoms with Crippen molar-refractivity contribution in [2.45, 2.75) is 32.6 Å². The van der Waals surface area contributed by atoms with E-state index in [1.165, 1.54) is 31.5 Å². The lowest BCUT2D eigenvalue weighted by atomic mass is 10.0. The third-order valence-electron chi connectivity index (χ3n) is 5.23. The Morgan fingerprint density at radius 2 is 1.91 bits per heavy atom. The third-order valence-corrected chi connectivity index (χ3v) is 5.23. The first-order valence-corrected chi connectivity index (χ1v) is 9.65. The standard InChI is InChI=1S/C21H20F3N5O3/c1-11-5-15(13-6-16(31-3)19(32-4)25-7-13)27-18-12(2)29(20(30)17(11)18)14-8-26-28(9-14)10-21(22,23)24/h5-9,12H,10H2,1-4H3. The van der Waals surface area contributed by atoms with Crippen molar-refractivity contribution in [1.29, 1.82) is 0 Å². The van der Waals surface area contributed by atoms with Crippen LogP contribution in [0.5, 0.6) is 11.6 Å². The molecule has 3 aromatic heterocycles. The second-order valence-electron chi connectivity index (χ2n) is 7.38. The molecule has 0 bridgehead atoms. The number of halogens is 3. The van der Waals surface area contributed by atoms with Crippen LogP contribution in [0.3, 0.4) is 0 Å². The molecular weight excluding hydrogens is 427 g/mol. The number of amides is 1. The number of fused-ring (bicyclic) bond motifs is 1. The highest BCUT2D eigenvalue weighted by atomic mass is 19.4. The van der Waals surface area contributed by atoms with Gasteiger partial charge in [-0.25, -0.2) is 9.97 Å². The summed E-state index contributed by atoms with van der Waals surface area (Å²) in [4.78, 5) is 23.4. The number of ether oxygens (including phenoxy) is 2. The average molecular weight is 447 g/mol. The van der Waals surface area contributed by atoms with Gasteiger partial charge < -0.3 is 9.47 Å². The van der Waals surface area contributed by atoms with Crippen molar-refractivity contribution in [2.75, 3.05) is 19.1 Å². The third kappa shape index (κ3) is 3.74. The predicted molar refractivity (Wildman–Crippen MR) is 109 cm³/mol. The summed E-state index contributed by atoms with van der Waals surface area (Å²) in [7, 11) is 2.99. The number of alkyl halides is 3. The summed E-state index contributed by atoms with van der Waals surface area (Å²) in [6.07, 6.45) is -0.355. The van der Waals surface area contributed by atoms with Crippen LogP contribution in [-0.2, 0) is 6.54 Å². The van der Waals surface area contributed by atoms with E-state index in [1.807, 2.05) is 0 Å². The minimum Gasteiger partial charge on any atom is -0.491 e. The normalized spacial score (nSPS) is 15.8. The number of carbonyl (C=O) groups excluding carboxylic acids is 1. The number of anilines is 1. The molecule has 0 N–H and O–H groups in total. The lowest BCUT2D eigenvalue weighted by Crippen LogP contribution is -2.26. The molecule has 0 spiro atoms. The summed E-state index contributed by atoms with van der Waals surface area (Å²) in [5.41, 5.74) is 3.19. The summed E-state index contributed by atoms with van der Waals surface area (Å²) in [6.45, 7) is 2.33.